The molecule has 1 saturated heterocycles. The third-order valence-corrected chi connectivity index (χ3v) is 11.2. The second-order valence-electron chi connectivity index (χ2n) is 13.0. The van der Waals surface area contributed by atoms with Crippen LogP contribution in [0.25, 0.3) is 0 Å². The molecule has 1 aliphatic heterocycles. The fraction of sp³-hybridized carbons (Fsp3) is 0.962. The van der Waals surface area contributed by atoms with Gasteiger partial charge in [0.25, 0.3) is 0 Å². The van der Waals surface area contributed by atoms with Crippen molar-refractivity contribution in [2.45, 2.75) is 114 Å². The molecular weight excluding hydrogens is 472 g/mol. The Labute approximate surface area is 211 Å². The number of ether oxygens (including phenoxy) is 2. The Hall–Kier alpha value is -0.850. The van der Waals surface area contributed by atoms with Gasteiger partial charge in [0, 0.05) is 0 Å². The predicted molar refractivity (Wildman–Crippen MR) is 124 cm³/mol. The molecule has 0 aromatic heterocycles. The van der Waals surface area contributed by atoms with Gasteiger partial charge >= 0.3 is 5.97 Å². The summed E-state index contributed by atoms with van der Waals surface area (Å²) in [4.78, 5) is 13.7. The number of hydrogen-bond acceptors (Lipinski definition) is 10. The van der Waals surface area contributed by atoms with Crippen molar-refractivity contribution in [2.75, 3.05) is 13.2 Å². The van der Waals surface area contributed by atoms with E-state index in [-0.39, 0.29) is 22.7 Å². The van der Waals surface area contributed by atoms with Crippen molar-refractivity contribution in [3.63, 3.8) is 0 Å². The Kier molecular flexibility index (Phi) is 6.37. The molecule has 36 heavy (non-hydrogen) atoms. The van der Waals surface area contributed by atoms with Gasteiger partial charge < -0.3 is 45.2 Å². The van der Waals surface area contributed by atoms with Crippen LogP contribution < -0.4 is 0 Å². The predicted octanol–water partition coefficient (Wildman–Crippen LogP) is -0.419. The van der Waals surface area contributed by atoms with Crippen molar-refractivity contribution in [3.8, 4) is 0 Å². The number of rotatable bonds is 4. The summed E-state index contributed by atoms with van der Waals surface area (Å²) in [6.45, 7) is 3.02. The van der Waals surface area contributed by atoms with E-state index in [2.05, 4.69) is 6.92 Å². The lowest BCUT2D eigenvalue weighted by Crippen LogP contribution is -2.62. The van der Waals surface area contributed by atoms with Crippen LogP contribution in [0.3, 0.4) is 0 Å². The molecule has 1 spiro atoms. The van der Waals surface area contributed by atoms with Gasteiger partial charge in [0.15, 0.2) is 0 Å². The molecule has 10 nitrogen and oxygen atoms in total. The zero-order chi connectivity index (χ0) is 26.3. The van der Waals surface area contributed by atoms with Crippen LogP contribution in [0.2, 0.25) is 0 Å². The van der Waals surface area contributed by atoms with Crippen LogP contribution in [0, 0.1) is 28.1 Å². The molecule has 0 aromatic carbocycles. The first kappa shape index (κ1) is 26.7. The minimum atomic E-state index is -1.65. The van der Waals surface area contributed by atoms with Crippen LogP contribution in [-0.4, -0.2) is 96.8 Å². The van der Waals surface area contributed by atoms with Gasteiger partial charge in [0.1, 0.15) is 30.0 Å². The summed E-state index contributed by atoms with van der Waals surface area (Å²) in [5.41, 5.74) is -4.23. The van der Waals surface area contributed by atoms with Crippen LogP contribution in [0.1, 0.15) is 71.6 Å². The standard InChI is InChI=1S/C26H42O10/c1-22-6-3-7-23(2,21(32)36-20-19(31)18(30)17(29)14(10-27)35-20)15(22)4-8-24-11-25(33,9-5-16(22)24)26(34,12-24)13-28/h14-20,27-31,33-34H,3-13H2,1-2H3/t14?,15?,16-,17?,18?,19?,20?,22+,23+,24-,25-,26-/m0/s1. The van der Waals surface area contributed by atoms with E-state index in [1.165, 1.54) is 0 Å². The molecule has 5 aliphatic rings. The zero-order valence-corrected chi connectivity index (χ0v) is 21.2. The maximum Gasteiger partial charge on any atom is 0.314 e. The van der Waals surface area contributed by atoms with Gasteiger partial charge in [-0.1, -0.05) is 13.3 Å². The van der Waals surface area contributed by atoms with E-state index < -0.39 is 66.5 Å². The van der Waals surface area contributed by atoms with Crippen LogP contribution in [-0.2, 0) is 14.3 Å². The molecule has 5 fully saturated rings. The van der Waals surface area contributed by atoms with E-state index in [9.17, 15) is 40.5 Å². The van der Waals surface area contributed by atoms with Gasteiger partial charge in [-0.05, 0) is 81.0 Å². The molecule has 206 valence electrons. The average Bonchev–Trinajstić information content (AvgIpc) is 2.99. The summed E-state index contributed by atoms with van der Waals surface area (Å²) in [7, 11) is 0. The maximum atomic E-state index is 13.7. The third-order valence-electron chi connectivity index (χ3n) is 11.2. The number of hydrogen-bond donors (Lipinski definition) is 7. The highest BCUT2D eigenvalue weighted by molar-refractivity contribution is 5.77. The van der Waals surface area contributed by atoms with Gasteiger partial charge in [-0.15, -0.1) is 0 Å². The largest absolute Gasteiger partial charge is 0.432 e. The molecule has 0 aromatic rings. The number of aliphatic hydroxyl groups excluding tert-OH is 5. The number of carbonyl (C=O) groups is 1. The quantitative estimate of drug-likeness (QED) is 0.244. The molecule has 7 N–H and O–H groups in total. The number of esters is 1. The molecule has 4 saturated carbocycles. The van der Waals surface area contributed by atoms with Crippen molar-refractivity contribution in [3.05, 3.63) is 0 Å². The number of carbonyl (C=O) groups excluding carboxylic acids is 1. The van der Waals surface area contributed by atoms with E-state index >= 15 is 0 Å². The Morgan fingerprint density at radius 2 is 1.61 bits per heavy atom. The highest BCUT2D eigenvalue weighted by Gasteiger charge is 2.72. The fourth-order valence-corrected chi connectivity index (χ4v) is 9.46. The molecule has 4 aliphatic carbocycles. The summed E-state index contributed by atoms with van der Waals surface area (Å²) in [6, 6.07) is 0. The van der Waals surface area contributed by atoms with Crippen LogP contribution >= 0.6 is 0 Å². The van der Waals surface area contributed by atoms with E-state index in [0.717, 1.165) is 19.3 Å². The van der Waals surface area contributed by atoms with Gasteiger partial charge in [-0.2, -0.15) is 0 Å². The first-order valence-electron chi connectivity index (χ1n) is 13.4. The summed E-state index contributed by atoms with van der Waals surface area (Å²) in [5.74, 6) is -0.408. The van der Waals surface area contributed by atoms with Crippen molar-refractivity contribution in [1.29, 1.82) is 0 Å². The highest BCUT2D eigenvalue weighted by Crippen LogP contribution is 2.73. The van der Waals surface area contributed by atoms with Gasteiger partial charge in [-0.25, -0.2) is 0 Å². The lowest BCUT2D eigenvalue weighted by molar-refractivity contribution is -0.298. The van der Waals surface area contributed by atoms with Crippen molar-refractivity contribution in [1.82, 2.24) is 0 Å². The van der Waals surface area contributed by atoms with Crippen molar-refractivity contribution < 1.29 is 50.0 Å². The summed E-state index contributed by atoms with van der Waals surface area (Å²) >= 11 is 0. The normalized spacial score (nSPS) is 56.5. The van der Waals surface area contributed by atoms with Crippen LogP contribution in [0.5, 0.6) is 0 Å². The summed E-state index contributed by atoms with van der Waals surface area (Å²) in [6.07, 6.45) is -1.83. The van der Waals surface area contributed by atoms with E-state index in [4.69, 9.17) is 9.47 Å². The van der Waals surface area contributed by atoms with E-state index in [1.54, 1.807) is 0 Å². The molecule has 1 heterocycles. The molecule has 5 rings (SSSR count). The molecule has 0 amide bonds. The lowest BCUT2D eigenvalue weighted by atomic mass is 9.41. The van der Waals surface area contributed by atoms with Crippen molar-refractivity contribution >= 4 is 5.97 Å². The van der Waals surface area contributed by atoms with Gasteiger partial charge in [-0.3, -0.25) is 4.79 Å². The topological polar surface area (TPSA) is 177 Å². The Morgan fingerprint density at radius 3 is 2.28 bits per heavy atom. The van der Waals surface area contributed by atoms with Gasteiger partial charge in [0.05, 0.1) is 24.2 Å². The molecule has 12 atom stereocenters. The fourth-order valence-electron chi connectivity index (χ4n) is 9.46. The summed E-state index contributed by atoms with van der Waals surface area (Å²) < 4.78 is 11.1. The zero-order valence-electron chi connectivity index (χ0n) is 21.2. The van der Waals surface area contributed by atoms with Crippen molar-refractivity contribution in [2.24, 2.45) is 28.1 Å². The van der Waals surface area contributed by atoms with E-state index in [1.807, 2.05) is 6.92 Å². The lowest BCUT2D eigenvalue weighted by Gasteiger charge is -2.63. The van der Waals surface area contributed by atoms with Gasteiger partial charge in [0.2, 0.25) is 6.29 Å². The maximum absolute atomic E-state index is 13.7. The Balaban J connectivity index is 1.39. The smallest absolute Gasteiger partial charge is 0.314 e. The average molecular weight is 515 g/mol. The molecule has 10 heteroatoms. The first-order chi connectivity index (χ1) is 16.8. The third kappa shape index (κ3) is 3.49. The summed E-state index contributed by atoms with van der Waals surface area (Å²) in [5, 5.41) is 72.4. The first-order valence-corrected chi connectivity index (χ1v) is 13.4. The number of aliphatic hydroxyl groups is 7. The van der Waals surface area contributed by atoms with E-state index in [0.29, 0.717) is 38.5 Å². The second kappa shape index (κ2) is 8.58. The Morgan fingerprint density at radius 1 is 0.917 bits per heavy atom. The molecule has 6 unspecified atom stereocenters. The minimum Gasteiger partial charge on any atom is -0.432 e. The minimum absolute atomic E-state index is 0.0410. The SMILES string of the molecule is C[C@@]1(C(=O)OC2OC(CO)C(O)C(O)C2O)CCC[C@]2(C)C1CC[C@]13C[C@](O)(CO)[C@](O)(CC[C@H]12)C3. The number of fused-ring (bicyclic) bond motifs is 3. The molecular formula is C26H42O10. The highest BCUT2D eigenvalue weighted by atomic mass is 16.7. The monoisotopic (exact) mass is 514 g/mol. The van der Waals surface area contributed by atoms with Crippen LogP contribution in [0.4, 0.5) is 0 Å². The molecule has 2 bridgehead atoms. The van der Waals surface area contributed by atoms with Crippen LogP contribution in [0.15, 0.2) is 0 Å². The molecule has 0 radical (unpaired) electrons. The second-order valence-corrected chi connectivity index (χ2v) is 13.0. The Bertz CT molecular complexity index is 881.